The summed E-state index contributed by atoms with van der Waals surface area (Å²) < 4.78 is 7.87. The Hall–Kier alpha value is -1.14. The zero-order chi connectivity index (χ0) is 12.3. The summed E-state index contributed by atoms with van der Waals surface area (Å²) in [6.07, 6.45) is 5.59. The molecule has 0 bridgehead atoms. The van der Waals surface area contributed by atoms with Crippen molar-refractivity contribution in [1.82, 2.24) is 14.4 Å². The van der Waals surface area contributed by atoms with E-state index in [1.807, 2.05) is 16.8 Å². The Labute approximate surface area is 109 Å². The van der Waals surface area contributed by atoms with E-state index in [9.17, 15) is 0 Å². The van der Waals surface area contributed by atoms with Crippen LogP contribution in [-0.2, 0) is 4.74 Å². The van der Waals surface area contributed by atoms with Gasteiger partial charge in [0.15, 0.2) is 11.5 Å². The molecule has 0 aliphatic heterocycles. The van der Waals surface area contributed by atoms with Crippen molar-refractivity contribution in [2.24, 2.45) is 0 Å². The van der Waals surface area contributed by atoms with Crippen LogP contribution in [0.1, 0.15) is 6.92 Å². The maximum absolute atomic E-state index is 5.11. The predicted octanol–water partition coefficient (Wildman–Crippen LogP) is 1.96. The molecule has 2 aromatic heterocycles. The largest absolute Gasteiger partial charge is 0.383 e. The molecule has 0 saturated heterocycles. The first kappa shape index (κ1) is 12.3. The van der Waals surface area contributed by atoms with Crippen LogP contribution >= 0.6 is 15.9 Å². The third-order valence-electron chi connectivity index (χ3n) is 2.57. The summed E-state index contributed by atoms with van der Waals surface area (Å²) in [7, 11) is 1.70. The average Bonchev–Trinajstić information content (AvgIpc) is 2.77. The number of rotatable bonds is 5. The molecule has 0 aliphatic rings. The third-order valence-corrected chi connectivity index (χ3v) is 2.96. The van der Waals surface area contributed by atoms with Crippen LogP contribution in [0.15, 0.2) is 23.2 Å². The van der Waals surface area contributed by atoms with Gasteiger partial charge in [-0.1, -0.05) is 0 Å². The van der Waals surface area contributed by atoms with E-state index < -0.39 is 0 Å². The number of hydrogen-bond acceptors (Lipinski definition) is 4. The molecule has 6 heteroatoms. The van der Waals surface area contributed by atoms with Crippen molar-refractivity contribution in [3.8, 4) is 0 Å². The number of ether oxygens (including phenoxy) is 1. The summed E-state index contributed by atoms with van der Waals surface area (Å²) in [4.78, 5) is 11.0. The molecule has 5 nitrogen and oxygen atoms in total. The first-order chi connectivity index (χ1) is 8.26. The molecule has 17 heavy (non-hydrogen) atoms. The van der Waals surface area contributed by atoms with Crippen LogP contribution in [0, 0.1) is 0 Å². The Balaban J connectivity index is 2.40. The molecule has 0 unspecified atom stereocenters. The SMILES string of the molecule is CCN(CCOC)c1nc(Br)cn2ccnc12. The highest BCUT2D eigenvalue weighted by Crippen LogP contribution is 2.20. The van der Waals surface area contributed by atoms with Gasteiger partial charge >= 0.3 is 0 Å². The molecule has 0 atom stereocenters. The Morgan fingerprint density at radius 1 is 1.53 bits per heavy atom. The number of likely N-dealkylation sites (N-methyl/N-ethyl adjacent to an activating group) is 1. The monoisotopic (exact) mass is 298 g/mol. The molecule has 92 valence electrons. The maximum Gasteiger partial charge on any atom is 0.180 e. The lowest BCUT2D eigenvalue weighted by molar-refractivity contribution is 0.205. The first-order valence-electron chi connectivity index (χ1n) is 5.49. The fourth-order valence-electron chi connectivity index (χ4n) is 1.71. The van der Waals surface area contributed by atoms with Crippen molar-refractivity contribution in [3.05, 3.63) is 23.2 Å². The van der Waals surface area contributed by atoms with E-state index >= 15 is 0 Å². The first-order valence-corrected chi connectivity index (χ1v) is 6.28. The predicted molar refractivity (Wildman–Crippen MR) is 70.5 cm³/mol. The zero-order valence-electron chi connectivity index (χ0n) is 9.93. The number of anilines is 1. The van der Waals surface area contributed by atoms with Crippen molar-refractivity contribution < 1.29 is 4.74 Å². The van der Waals surface area contributed by atoms with Gasteiger partial charge in [0.25, 0.3) is 0 Å². The smallest absolute Gasteiger partial charge is 0.180 e. The van der Waals surface area contributed by atoms with Gasteiger partial charge in [0.05, 0.1) is 6.61 Å². The van der Waals surface area contributed by atoms with Crippen molar-refractivity contribution in [2.45, 2.75) is 6.92 Å². The van der Waals surface area contributed by atoms with E-state index in [0.29, 0.717) is 6.61 Å². The van der Waals surface area contributed by atoms with Crippen molar-refractivity contribution in [1.29, 1.82) is 0 Å². The minimum Gasteiger partial charge on any atom is -0.383 e. The molecule has 0 fully saturated rings. The van der Waals surface area contributed by atoms with Crippen LogP contribution in [-0.4, -0.2) is 41.2 Å². The number of halogens is 1. The number of fused-ring (bicyclic) bond motifs is 1. The van der Waals surface area contributed by atoms with Crippen molar-refractivity contribution in [2.75, 3.05) is 31.7 Å². The third kappa shape index (κ3) is 2.58. The van der Waals surface area contributed by atoms with Gasteiger partial charge < -0.3 is 14.0 Å². The average molecular weight is 299 g/mol. The summed E-state index contributed by atoms with van der Waals surface area (Å²) in [6.45, 7) is 4.45. The van der Waals surface area contributed by atoms with E-state index in [1.165, 1.54) is 0 Å². The number of methoxy groups -OCH3 is 1. The van der Waals surface area contributed by atoms with E-state index in [-0.39, 0.29) is 0 Å². The second kappa shape index (κ2) is 5.46. The Bertz CT molecular complexity index is 499. The van der Waals surface area contributed by atoms with Gasteiger partial charge in [-0.05, 0) is 22.9 Å². The Morgan fingerprint density at radius 2 is 2.35 bits per heavy atom. The van der Waals surface area contributed by atoms with Gasteiger partial charge in [0.1, 0.15) is 4.60 Å². The Morgan fingerprint density at radius 3 is 3.06 bits per heavy atom. The molecule has 2 aromatic rings. The van der Waals surface area contributed by atoms with Crippen LogP contribution in [0.2, 0.25) is 0 Å². The summed E-state index contributed by atoms with van der Waals surface area (Å²) >= 11 is 3.42. The molecule has 2 rings (SSSR count). The molecule has 0 spiro atoms. The molecule has 2 heterocycles. The second-order valence-electron chi connectivity index (χ2n) is 3.62. The minimum absolute atomic E-state index is 0.675. The standard InChI is InChI=1S/C11H15BrN4O/c1-3-15(6-7-17-2)11-10-13-4-5-16(10)8-9(12)14-11/h4-5,8H,3,6-7H2,1-2H3. The van der Waals surface area contributed by atoms with Gasteiger partial charge in [-0.25, -0.2) is 9.97 Å². The van der Waals surface area contributed by atoms with Crippen molar-refractivity contribution >= 4 is 27.4 Å². The van der Waals surface area contributed by atoms with Gasteiger partial charge in [0.2, 0.25) is 0 Å². The second-order valence-corrected chi connectivity index (χ2v) is 4.43. The van der Waals surface area contributed by atoms with E-state index in [2.05, 4.69) is 37.7 Å². The lowest BCUT2D eigenvalue weighted by Gasteiger charge is -2.21. The van der Waals surface area contributed by atoms with Gasteiger partial charge in [-0.3, -0.25) is 0 Å². The molecular formula is C11H15BrN4O. The number of nitrogens with zero attached hydrogens (tertiary/aromatic N) is 4. The quantitative estimate of drug-likeness (QED) is 0.846. The van der Waals surface area contributed by atoms with E-state index in [4.69, 9.17) is 4.74 Å². The highest BCUT2D eigenvalue weighted by molar-refractivity contribution is 9.10. The van der Waals surface area contributed by atoms with Crippen LogP contribution in [0.5, 0.6) is 0 Å². The fourth-order valence-corrected chi connectivity index (χ4v) is 2.10. The molecule has 0 saturated carbocycles. The molecule has 0 amide bonds. The Kier molecular flexibility index (Phi) is 3.96. The normalized spacial score (nSPS) is 11.0. The summed E-state index contributed by atoms with van der Waals surface area (Å²) in [5.74, 6) is 0.879. The summed E-state index contributed by atoms with van der Waals surface area (Å²) in [5, 5.41) is 0. The molecule has 0 aliphatic carbocycles. The summed E-state index contributed by atoms with van der Waals surface area (Å²) in [5.41, 5.74) is 0.867. The van der Waals surface area contributed by atoms with Crippen LogP contribution in [0.4, 0.5) is 5.82 Å². The van der Waals surface area contributed by atoms with Crippen LogP contribution in [0.3, 0.4) is 0 Å². The number of hydrogen-bond donors (Lipinski definition) is 0. The number of aromatic nitrogens is 3. The molecule has 0 radical (unpaired) electrons. The summed E-state index contributed by atoms with van der Waals surface area (Å²) in [6, 6.07) is 0. The zero-order valence-corrected chi connectivity index (χ0v) is 11.5. The molecule has 0 N–H and O–H groups in total. The fraction of sp³-hybridized carbons (Fsp3) is 0.455. The topological polar surface area (TPSA) is 42.7 Å². The van der Waals surface area contributed by atoms with E-state index in [0.717, 1.165) is 29.2 Å². The van der Waals surface area contributed by atoms with Crippen molar-refractivity contribution in [3.63, 3.8) is 0 Å². The van der Waals surface area contributed by atoms with Gasteiger partial charge in [0, 0.05) is 38.8 Å². The van der Waals surface area contributed by atoms with Gasteiger partial charge in [-0.2, -0.15) is 0 Å². The van der Waals surface area contributed by atoms with E-state index in [1.54, 1.807) is 13.3 Å². The highest BCUT2D eigenvalue weighted by Gasteiger charge is 2.12. The molecular weight excluding hydrogens is 284 g/mol. The number of imidazole rings is 1. The highest BCUT2D eigenvalue weighted by atomic mass is 79.9. The maximum atomic E-state index is 5.11. The molecule has 0 aromatic carbocycles. The lowest BCUT2D eigenvalue weighted by atomic mass is 10.4. The van der Waals surface area contributed by atoms with Gasteiger partial charge in [-0.15, -0.1) is 0 Å². The minimum atomic E-state index is 0.675. The lowest BCUT2D eigenvalue weighted by Crippen LogP contribution is -2.28. The van der Waals surface area contributed by atoms with Crippen LogP contribution in [0.25, 0.3) is 5.65 Å². The van der Waals surface area contributed by atoms with Crippen LogP contribution < -0.4 is 4.90 Å².